The van der Waals surface area contributed by atoms with Crippen LogP contribution in [0.15, 0.2) is 12.1 Å². The van der Waals surface area contributed by atoms with E-state index in [1.165, 1.54) is 12.2 Å². The van der Waals surface area contributed by atoms with Gasteiger partial charge in [0.05, 0.1) is 0 Å². The van der Waals surface area contributed by atoms with Crippen molar-refractivity contribution in [3.05, 3.63) is 29.1 Å². The molecule has 1 heterocycles. The van der Waals surface area contributed by atoms with Gasteiger partial charge in [0, 0.05) is 30.6 Å². The van der Waals surface area contributed by atoms with Crippen LogP contribution in [-0.4, -0.2) is 24.6 Å². The molecule has 0 bridgehead atoms. The van der Waals surface area contributed by atoms with Crippen LogP contribution in [0.2, 0.25) is 0 Å². The topological polar surface area (TPSA) is 29.3 Å². The molecule has 0 radical (unpaired) electrons. The predicted octanol–water partition coefficient (Wildman–Crippen LogP) is 3.10. The van der Waals surface area contributed by atoms with Gasteiger partial charge in [0.2, 0.25) is 0 Å². The Kier molecular flexibility index (Phi) is 4.17. The van der Waals surface area contributed by atoms with Crippen LogP contribution in [0.5, 0.6) is 0 Å². The average molecular weight is 268 g/mol. The Labute approximate surface area is 113 Å². The van der Waals surface area contributed by atoms with Gasteiger partial charge in [0.25, 0.3) is 0 Å². The number of nitrogens with two attached hydrogens (primary N) is 1. The lowest BCUT2D eigenvalue weighted by molar-refractivity contribution is 0.610. The van der Waals surface area contributed by atoms with Gasteiger partial charge < -0.3 is 10.6 Å². The van der Waals surface area contributed by atoms with E-state index in [2.05, 4.69) is 11.9 Å². The Morgan fingerprint density at radius 2 is 2.22 bits per heavy atom. The zero-order chi connectivity index (χ0) is 13.3. The average Bonchev–Trinajstić information content (AvgIpc) is 2.84. The molecule has 1 saturated heterocycles. The van der Waals surface area contributed by atoms with Gasteiger partial charge in [-0.2, -0.15) is 11.8 Å². The second kappa shape index (κ2) is 5.49. The molecule has 0 amide bonds. The first-order chi connectivity index (χ1) is 8.50. The summed E-state index contributed by atoms with van der Waals surface area (Å²) in [5.41, 5.74) is 8.64. The lowest BCUT2D eigenvalue weighted by atomic mass is 10.0. The van der Waals surface area contributed by atoms with E-state index >= 15 is 0 Å². The van der Waals surface area contributed by atoms with Crippen LogP contribution in [0.1, 0.15) is 30.5 Å². The smallest absolute Gasteiger partial charge is 0.126 e. The maximum Gasteiger partial charge on any atom is 0.126 e. The van der Waals surface area contributed by atoms with Crippen molar-refractivity contribution >= 4 is 17.4 Å². The monoisotopic (exact) mass is 268 g/mol. The van der Waals surface area contributed by atoms with Gasteiger partial charge in [-0.05, 0) is 49.3 Å². The quantitative estimate of drug-likeness (QED) is 0.913. The Morgan fingerprint density at radius 3 is 2.78 bits per heavy atom. The fourth-order valence-corrected chi connectivity index (χ4v) is 3.64. The van der Waals surface area contributed by atoms with Crippen molar-refractivity contribution in [2.24, 2.45) is 5.73 Å². The largest absolute Gasteiger partial charge is 0.370 e. The van der Waals surface area contributed by atoms with Crippen LogP contribution in [0.3, 0.4) is 0 Å². The van der Waals surface area contributed by atoms with Crippen molar-refractivity contribution < 1.29 is 4.39 Å². The minimum absolute atomic E-state index is 0.147. The SMILES string of the molecule is Cc1cc(N(C)C2CCSC2)c([C@H](C)N)cc1F. The highest BCUT2D eigenvalue weighted by atomic mass is 32.2. The molecular weight excluding hydrogens is 247 g/mol. The van der Waals surface area contributed by atoms with Crippen LogP contribution in [0.25, 0.3) is 0 Å². The summed E-state index contributed by atoms with van der Waals surface area (Å²) >= 11 is 1.98. The van der Waals surface area contributed by atoms with Crippen LogP contribution in [0.4, 0.5) is 10.1 Å². The minimum Gasteiger partial charge on any atom is -0.370 e. The molecule has 0 saturated carbocycles. The molecule has 1 fully saturated rings. The number of thioether (sulfide) groups is 1. The highest BCUT2D eigenvalue weighted by molar-refractivity contribution is 7.99. The van der Waals surface area contributed by atoms with Gasteiger partial charge in [-0.15, -0.1) is 0 Å². The Bertz CT molecular complexity index is 428. The van der Waals surface area contributed by atoms with E-state index in [0.717, 1.165) is 17.0 Å². The molecule has 0 spiro atoms. The second-order valence-corrected chi connectivity index (χ2v) is 6.23. The molecule has 100 valence electrons. The summed E-state index contributed by atoms with van der Waals surface area (Å²) in [5, 5.41) is 0. The molecule has 1 aromatic rings. The van der Waals surface area contributed by atoms with Gasteiger partial charge in [-0.3, -0.25) is 0 Å². The van der Waals surface area contributed by atoms with E-state index in [4.69, 9.17) is 5.73 Å². The maximum atomic E-state index is 13.7. The molecule has 1 aliphatic heterocycles. The van der Waals surface area contributed by atoms with Crippen LogP contribution in [0, 0.1) is 12.7 Å². The van der Waals surface area contributed by atoms with Crippen molar-refractivity contribution in [1.29, 1.82) is 0 Å². The third kappa shape index (κ3) is 2.64. The summed E-state index contributed by atoms with van der Waals surface area (Å²) in [6, 6.07) is 3.91. The van der Waals surface area contributed by atoms with Crippen molar-refractivity contribution in [3.63, 3.8) is 0 Å². The van der Waals surface area contributed by atoms with E-state index in [9.17, 15) is 4.39 Å². The predicted molar refractivity (Wildman–Crippen MR) is 77.9 cm³/mol. The zero-order valence-electron chi connectivity index (χ0n) is 11.2. The highest BCUT2D eigenvalue weighted by Gasteiger charge is 2.23. The molecule has 2 atom stereocenters. The molecular formula is C14H21FN2S. The second-order valence-electron chi connectivity index (χ2n) is 5.08. The van der Waals surface area contributed by atoms with Crippen molar-refractivity contribution in [1.82, 2.24) is 0 Å². The fourth-order valence-electron chi connectivity index (χ4n) is 2.38. The van der Waals surface area contributed by atoms with E-state index in [0.29, 0.717) is 11.6 Å². The molecule has 4 heteroatoms. The summed E-state index contributed by atoms with van der Waals surface area (Å²) < 4.78 is 13.7. The highest BCUT2D eigenvalue weighted by Crippen LogP contribution is 2.32. The number of anilines is 1. The zero-order valence-corrected chi connectivity index (χ0v) is 12.1. The van der Waals surface area contributed by atoms with Gasteiger partial charge in [-0.1, -0.05) is 0 Å². The molecule has 1 aromatic carbocycles. The standard InChI is InChI=1S/C14H21FN2S/c1-9-6-14(12(10(2)16)7-13(9)15)17(3)11-4-5-18-8-11/h6-7,10-11H,4-5,8,16H2,1-3H3/t10-,11?/m0/s1. The summed E-state index contributed by atoms with van der Waals surface area (Å²) in [4.78, 5) is 2.27. The Balaban J connectivity index is 2.38. The molecule has 2 nitrogen and oxygen atoms in total. The molecule has 2 N–H and O–H groups in total. The van der Waals surface area contributed by atoms with Crippen LogP contribution in [-0.2, 0) is 0 Å². The van der Waals surface area contributed by atoms with Gasteiger partial charge in [0.15, 0.2) is 0 Å². The number of rotatable bonds is 3. The van der Waals surface area contributed by atoms with Gasteiger partial charge in [0.1, 0.15) is 5.82 Å². The molecule has 0 aromatic heterocycles. The molecule has 0 aliphatic carbocycles. The first kappa shape index (κ1) is 13.7. The third-order valence-electron chi connectivity index (χ3n) is 3.63. The Hall–Kier alpha value is -0.740. The molecule has 1 unspecified atom stereocenters. The molecule has 2 rings (SSSR count). The number of halogens is 1. The third-order valence-corrected chi connectivity index (χ3v) is 4.78. The van der Waals surface area contributed by atoms with Gasteiger partial charge in [-0.25, -0.2) is 4.39 Å². The van der Waals surface area contributed by atoms with Crippen molar-refractivity contribution in [2.45, 2.75) is 32.4 Å². The fraction of sp³-hybridized carbons (Fsp3) is 0.571. The van der Waals surface area contributed by atoms with E-state index < -0.39 is 0 Å². The summed E-state index contributed by atoms with van der Waals surface area (Å²) in [5.74, 6) is 2.19. The van der Waals surface area contributed by atoms with Crippen molar-refractivity contribution in [2.75, 3.05) is 23.5 Å². The summed E-state index contributed by atoms with van der Waals surface area (Å²) in [6.07, 6.45) is 1.19. The number of hydrogen-bond donors (Lipinski definition) is 1. The van der Waals surface area contributed by atoms with Gasteiger partial charge >= 0.3 is 0 Å². The van der Waals surface area contributed by atoms with Crippen LogP contribution >= 0.6 is 11.8 Å². The number of nitrogens with zero attached hydrogens (tertiary/aromatic N) is 1. The van der Waals surface area contributed by atoms with E-state index in [-0.39, 0.29) is 11.9 Å². The van der Waals surface area contributed by atoms with E-state index in [1.807, 2.05) is 24.8 Å². The summed E-state index contributed by atoms with van der Waals surface area (Å²) in [6.45, 7) is 3.71. The Morgan fingerprint density at radius 1 is 1.50 bits per heavy atom. The lowest BCUT2D eigenvalue weighted by Gasteiger charge is -2.29. The normalized spacial score (nSPS) is 21.1. The molecule has 18 heavy (non-hydrogen) atoms. The molecule has 1 aliphatic rings. The van der Waals surface area contributed by atoms with Crippen LogP contribution < -0.4 is 10.6 Å². The van der Waals surface area contributed by atoms with Crippen molar-refractivity contribution in [3.8, 4) is 0 Å². The van der Waals surface area contributed by atoms with E-state index in [1.54, 1.807) is 13.0 Å². The maximum absolute atomic E-state index is 13.7. The first-order valence-electron chi connectivity index (χ1n) is 6.37. The number of benzene rings is 1. The number of hydrogen-bond acceptors (Lipinski definition) is 3. The summed E-state index contributed by atoms with van der Waals surface area (Å²) in [7, 11) is 2.09. The minimum atomic E-state index is -0.166. The number of aryl methyl sites for hydroxylation is 1. The first-order valence-corrected chi connectivity index (χ1v) is 7.52. The lowest BCUT2D eigenvalue weighted by Crippen LogP contribution is -2.32.